The molecular weight excluding hydrogens is 320 g/mol. The van der Waals surface area contributed by atoms with Crippen LogP contribution in [-0.2, 0) is 0 Å². The topological polar surface area (TPSA) is 40.3 Å². The predicted molar refractivity (Wildman–Crippen MR) is 104 cm³/mol. The highest BCUT2D eigenvalue weighted by Crippen LogP contribution is 2.41. The summed E-state index contributed by atoms with van der Waals surface area (Å²) >= 11 is 0. The van der Waals surface area contributed by atoms with E-state index < -0.39 is 0 Å². The van der Waals surface area contributed by atoms with E-state index in [9.17, 15) is 0 Å². The number of para-hydroxylation sites is 3. The second kappa shape index (κ2) is 4.76. The summed E-state index contributed by atoms with van der Waals surface area (Å²) in [6, 6.07) is 22.6. The summed E-state index contributed by atoms with van der Waals surface area (Å²) in [5.41, 5.74) is 7.17. The standard InChI is InChI=1S/C22H14N4/c1-13-7-6-10-16-19(13)25-21-15-9-3-5-12-18(15)23-20-14-8-2-4-11-17(14)24-22(16)26(20)21/h2-12H,1H3. The summed E-state index contributed by atoms with van der Waals surface area (Å²) in [5.74, 6) is 2.71. The quantitative estimate of drug-likeness (QED) is 0.578. The lowest BCUT2D eigenvalue weighted by Gasteiger charge is -2.38. The van der Waals surface area contributed by atoms with Crippen LogP contribution >= 0.6 is 0 Å². The molecule has 3 aromatic carbocycles. The minimum atomic E-state index is 0.898. The fourth-order valence-electron chi connectivity index (χ4n) is 3.84. The van der Waals surface area contributed by atoms with Crippen molar-refractivity contribution >= 4 is 34.6 Å². The lowest BCUT2D eigenvalue weighted by molar-refractivity contribution is 0.862. The third kappa shape index (κ3) is 1.66. The Morgan fingerprint density at radius 3 is 1.81 bits per heavy atom. The van der Waals surface area contributed by atoms with Gasteiger partial charge in [0, 0.05) is 16.7 Å². The number of hydrogen-bond donors (Lipinski definition) is 0. The van der Waals surface area contributed by atoms with Gasteiger partial charge in [-0.1, -0.05) is 36.4 Å². The van der Waals surface area contributed by atoms with Gasteiger partial charge in [0.05, 0.1) is 17.1 Å². The van der Waals surface area contributed by atoms with Gasteiger partial charge < -0.3 is 0 Å². The van der Waals surface area contributed by atoms with Crippen LogP contribution in [0.1, 0.15) is 22.3 Å². The van der Waals surface area contributed by atoms with Crippen molar-refractivity contribution in [3.05, 3.63) is 89.0 Å². The van der Waals surface area contributed by atoms with Gasteiger partial charge in [-0.3, -0.25) is 4.90 Å². The summed E-state index contributed by atoms with van der Waals surface area (Å²) in [4.78, 5) is 17.1. The van der Waals surface area contributed by atoms with Crippen molar-refractivity contribution in [3.63, 3.8) is 0 Å². The molecule has 4 heteroatoms. The number of benzene rings is 3. The van der Waals surface area contributed by atoms with Crippen molar-refractivity contribution in [2.45, 2.75) is 6.92 Å². The zero-order chi connectivity index (χ0) is 17.3. The minimum absolute atomic E-state index is 0.898. The maximum absolute atomic E-state index is 5.04. The monoisotopic (exact) mass is 334 g/mol. The van der Waals surface area contributed by atoms with Crippen LogP contribution in [0, 0.1) is 6.92 Å². The van der Waals surface area contributed by atoms with Crippen LogP contribution in [0.15, 0.2) is 81.7 Å². The smallest absolute Gasteiger partial charge is 0.150 e. The van der Waals surface area contributed by atoms with Gasteiger partial charge in [-0.05, 0) is 42.8 Å². The van der Waals surface area contributed by atoms with E-state index >= 15 is 0 Å². The molecule has 0 atom stereocenters. The fourth-order valence-corrected chi connectivity index (χ4v) is 3.84. The second-order valence-electron chi connectivity index (χ2n) is 6.65. The molecule has 0 fully saturated rings. The van der Waals surface area contributed by atoms with Crippen molar-refractivity contribution in [1.29, 1.82) is 0 Å². The van der Waals surface area contributed by atoms with Gasteiger partial charge >= 0.3 is 0 Å². The summed E-state index contributed by atoms with van der Waals surface area (Å²) in [5, 5.41) is 0. The molecule has 3 aromatic rings. The first-order valence-electron chi connectivity index (χ1n) is 8.66. The molecule has 0 unspecified atom stereocenters. The van der Waals surface area contributed by atoms with E-state index in [1.165, 1.54) is 0 Å². The van der Waals surface area contributed by atoms with Crippen molar-refractivity contribution in [2.24, 2.45) is 15.0 Å². The van der Waals surface area contributed by atoms with Crippen LogP contribution in [0.2, 0.25) is 0 Å². The van der Waals surface area contributed by atoms with E-state index in [2.05, 4.69) is 42.2 Å². The first kappa shape index (κ1) is 13.7. The molecule has 6 rings (SSSR count). The number of aryl methyl sites for hydroxylation is 1. The molecule has 3 aliphatic heterocycles. The Hall–Kier alpha value is -3.53. The van der Waals surface area contributed by atoms with Crippen molar-refractivity contribution in [3.8, 4) is 0 Å². The van der Waals surface area contributed by atoms with Crippen molar-refractivity contribution in [2.75, 3.05) is 0 Å². The average Bonchev–Trinajstić information content (AvgIpc) is 2.69. The fraction of sp³-hybridized carbons (Fsp3) is 0.0455. The number of fused-ring (bicyclic) bond motifs is 6. The third-order valence-electron chi connectivity index (χ3n) is 5.07. The van der Waals surface area contributed by atoms with E-state index in [0.717, 1.165) is 56.8 Å². The molecular formula is C22H14N4. The summed E-state index contributed by atoms with van der Waals surface area (Å²) in [6.45, 7) is 2.10. The van der Waals surface area contributed by atoms with Gasteiger partial charge in [-0.15, -0.1) is 0 Å². The Balaban J connectivity index is 1.79. The Bertz CT molecular complexity index is 1190. The van der Waals surface area contributed by atoms with E-state index in [1.807, 2.05) is 36.4 Å². The number of rotatable bonds is 0. The highest BCUT2D eigenvalue weighted by Gasteiger charge is 2.38. The number of aliphatic imine (C=N–C) groups is 3. The summed E-state index contributed by atoms with van der Waals surface area (Å²) in [7, 11) is 0. The number of amidine groups is 3. The Morgan fingerprint density at radius 2 is 1.12 bits per heavy atom. The highest BCUT2D eigenvalue weighted by molar-refractivity contribution is 6.36. The Kier molecular flexibility index (Phi) is 2.51. The molecule has 0 saturated heterocycles. The van der Waals surface area contributed by atoms with Crippen LogP contribution in [0.5, 0.6) is 0 Å². The van der Waals surface area contributed by atoms with Crippen LogP contribution in [-0.4, -0.2) is 22.4 Å². The zero-order valence-electron chi connectivity index (χ0n) is 14.1. The largest absolute Gasteiger partial charge is 0.261 e. The SMILES string of the molecule is Cc1cccc2c1N=C1c3ccccc3N=C3c4ccccc4N=C2N31. The van der Waals surface area contributed by atoms with Crippen LogP contribution in [0.25, 0.3) is 0 Å². The molecule has 3 heterocycles. The molecule has 0 radical (unpaired) electrons. The molecule has 0 saturated carbocycles. The van der Waals surface area contributed by atoms with Crippen LogP contribution in [0.4, 0.5) is 17.1 Å². The number of nitrogens with zero attached hydrogens (tertiary/aromatic N) is 4. The number of hydrogen-bond acceptors (Lipinski definition) is 4. The maximum Gasteiger partial charge on any atom is 0.150 e. The van der Waals surface area contributed by atoms with Crippen molar-refractivity contribution < 1.29 is 0 Å². The first-order valence-corrected chi connectivity index (χ1v) is 8.66. The van der Waals surface area contributed by atoms with E-state index in [4.69, 9.17) is 15.0 Å². The first-order chi connectivity index (χ1) is 12.8. The van der Waals surface area contributed by atoms with E-state index in [0.29, 0.717) is 0 Å². The molecule has 3 aliphatic rings. The Morgan fingerprint density at radius 1 is 0.577 bits per heavy atom. The van der Waals surface area contributed by atoms with Crippen molar-refractivity contribution in [1.82, 2.24) is 4.90 Å². The molecule has 0 aromatic heterocycles. The Labute approximate surface area is 150 Å². The van der Waals surface area contributed by atoms with Crippen LogP contribution < -0.4 is 0 Å². The van der Waals surface area contributed by atoms with Gasteiger partial charge in [0.15, 0.2) is 0 Å². The lowest BCUT2D eigenvalue weighted by atomic mass is 9.97. The highest BCUT2D eigenvalue weighted by atomic mass is 15.3. The molecule has 26 heavy (non-hydrogen) atoms. The van der Waals surface area contributed by atoms with Gasteiger partial charge in [0.2, 0.25) is 0 Å². The van der Waals surface area contributed by atoms with Gasteiger partial charge in [0.1, 0.15) is 17.5 Å². The van der Waals surface area contributed by atoms with Gasteiger partial charge in [-0.2, -0.15) is 0 Å². The van der Waals surface area contributed by atoms with Gasteiger partial charge in [-0.25, -0.2) is 15.0 Å². The van der Waals surface area contributed by atoms with E-state index in [1.54, 1.807) is 0 Å². The molecule has 0 bridgehead atoms. The molecule has 122 valence electrons. The predicted octanol–water partition coefficient (Wildman–Crippen LogP) is 4.87. The zero-order valence-corrected chi connectivity index (χ0v) is 14.1. The van der Waals surface area contributed by atoms with Crippen LogP contribution in [0.3, 0.4) is 0 Å². The molecule has 0 amide bonds. The molecule has 0 aliphatic carbocycles. The molecule has 0 N–H and O–H groups in total. The molecule has 4 nitrogen and oxygen atoms in total. The minimum Gasteiger partial charge on any atom is -0.261 e. The summed E-state index contributed by atoms with van der Waals surface area (Å²) < 4.78 is 0. The maximum atomic E-state index is 5.04. The summed E-state index contributed by atoms with van der Waals surface area (Å²) in [6.07, 6.45) is 0. The second-order valence-corrected chi connectivity index (χ2v) is 6.65. The normalized spacial score (nSPS) is 15.7. The molecule has 0 spiro atoms. The average molecular weight is 334 g/mol. The van der Waals surface area contributed by atoms with E-state index in [-0.39, 0.29) is 0 Å². The van der Waals surface area contributed by atoms with Gasteiger partial charge in [0.25, 0.3) is 0 Å². The third-order valence-corrected chi connectivity index (χ3v) is 5.07. The lowest BCUT2D eigenvalue weighted by Crippen LogP contribution is -2.48.